The summed E-state index contributed by atoms with van der Waals surface area (Å²) < 4.78 is 0. The summed E-state index contributed by atoms with van der Waals surface area (Å²) in [7, 11) is 1.90. The number of fused-ring (bicyclic) bond motifs is 1. The second-order valence-electron chi connectivity index (χ2n) is 4.86. The van der Waals surface area contributed by atoms with E-state index in [-0.39, 0.29) is 11.8 Å². The van der Waals surface area contributed by atoms with Gasteiger partial charge < -0.3 is 10.0 Å². The van der Waals surface area contributed by atoms with E-state index in [2.05, 4.69) is 4.98 Å². The molecule has 1 aromatic carbocycles. The largest absolute Gasteiger partial charge is 0.393 e. The smallest absolute Gasteiger partial charge is 0.270 e. The molecule has 6 heteroatoms. The number of aromatic nitrogens is 1. The molecule has 0 aliphatic rings. The zero-order chi connectivity index (χ0) is 14.7. The van der Waals surface area contributed by atoms with Crippen LogP contribution in [0, 0.1) is 10.1 Å². The quantitative estimate of drug-likeness (QED) is 0.669. The molecule has 6 nitrogen and oxygen atoms in total. The summed E-state index contributed by atoms with van der Waals surface area (Å²) in [6, 6.07) is 8.27. The van der Waals surface area contributed by atoms with Crippen LogP contribution >= 0.6 is 0 Å². The molecule has 0 radical (unpaired) electrons. The molecule has 0 bridgehead atoms. The SMILES string of the molecule is CC(O)CCN(C)c1ccc2cc([N+](=O)[O-])ccc2n1. The monoisotopic (exact) mass is 275 g/mol. The number of rotatable bonds is 5. The van der Waals surface area contributed by atoms with Gasteiger partial charge in [-0.05, 0) is 31.5 Å². The fraction of sp³-hybridized carbons (Fsp3) is 0.357. The minimum atomic E-state index is -0.415. The molecular formula is C14H17N3O3. The lowest BCUT2D eigenvalue weighted by Crippen LogP contribution is -2.22. The Labute approximate surface area is 116 Å². The fourth-order valence-corrected chi connectivity index (χ4v) is 1.92. The highest BCUT2D eigenvalue weighted by molar-refractivity contribution is 5.82. The molecule has 2 rings (SSSR count). The number of aliphatic hydroxyl groups excluding tert-OH is 1. The van der Waals surface area contributed by atoms with Crippen molar-refractivity contribution in [1.29, 1.82) is 0 Å². The van der Waals surface area contributed by atoms with Crippen molar-refractivity contribution in [3.8, 4) is 0 Å². The van der Waals surface area contributed by atoms with Crippen molar-refractivity contribution < 1.29 is 10.0 Å². The average Bonchev–Trinajstić information content (AvgIpc) is 2.43. The van der Waals surface area contributed by atoms with Crippen molar-refractivity contribution in [3.05, 3.63) is 40.4 Å². The van der Waals surface area contributed by atoms with E-state index in [4.69, 9.17) is 0 Å². The van der Waals surface area contributed by atoms with Gasteiger partial charge in [-0.3, -0.25) is 10.1 Å². The minimum Gasteiger partial charge on any atom is -0.393 e. The predicted octanol–water partition coefficient (Wildman–Crippen LogP) is 2.35. The zero-order valence-corrected chi connectivity index (χ0v) is 11.5. The molecule has 0 aliphatic heterocycles. The van der Waals surface area contributed by atoms with Crippen LogP contribution in [0.3, 0.4) is 0 Å². The van der Waals surface area contributed by atoms with Crippen LogP contribution in [-0.4, -0.2) is 34.7 Å². The zero-order valence-electron chi connectivity index (χ0n) is 11.5. The van der Waals surface area contributed by atoms with E-state index in [9.17, 15) is 15.2 Å². The highest BCUT2D eigenvalue weighted by atomic mass is 16.6. The highest BCUT2D eigenvalue weighted by Crippen LogP contribution is 2.22. The summed E-state index contributed by atoms with van der Waals surface area (Å²) in [4.78, 5) is 16.7. The molecule has 106 valence electrons. The van der Waals surface area contributed by atoms with Crippen molar-refractivity contribution in [2.45, 2.75) is 19.4 Å². The summed E-state index contributed by atoms with van der Waals surface area (Å²) in [6.45, 7) is 2.45. The molecule has 0 saturated carbocycles. The van der Waals surface area contributed by atoms with Crippen LogP contribution in [0.1, 0.15) is 13.3 Å². The van der Waals surface area contributed by atoms with Gasteiger partial charge in [-0.15, -0.1) is 0 Å². The molecule has 1 N–H and O–H groups in total. The predicted molar refractivity (Wildman–Crippen MR) is 78.0 cm³/mol. The average molecular weight is 275 g/mol. The molecule has 0 saturated heterocycles. The number of nitrogens with zero attached hydrogens (tertiary/aromatic N) is 3. The lowest BCUT2D eigenvalue weighted by molar-refractivity contribution is -0.384. The van der Waals surface area contributed by atoms with E-state index in [1.165, 1.54) is 12.1 Å². The Morgan fingerprint density at radius 1 is 1.40 bits per heavy atom. The van der Waals surface area contributed by atoms with Crippen LogP contribution in [-0.2, 0) is 0 Å². The summed E-state index contributed by atoms with van der Waals surface area (Å²) in [5.41, 5.74) is 0.784. The second kappa shape index (κ2) is 5.83. The maximum Gasteiger partial charge on any atom is 0.270 e. The number of hydrogen-bond donors (Lipinski definition) is 1. The lowest BCUT2D eigenvalue weighted by Gasteiger charge is -2.19. The Morgan fingerprint density at radius 2 is 2.15 bits per heavy atom. The molecule has 20 heavy (non-hydrogen) atoms. The lowest BCUT2D eigenvalue weighted by atomic mass is 10.2. The van der Waals surface area contributed by atoms with Gasteiger partial charge in [0, 0.05) is 31.1 Å². The Kier molecular flexibility index (Phi) is 4.14. The third-order valence-corrected chi connectivity index (χ3v) is 3.14. The molecule has 0 aliphatic carbocycles. The number of pyridine rings is 1. The van der Waals surface area contributed by atoms with E-state index in [0.717, 1.165) is 16.7 Å². The number of anilines is 1. The van der Waals surface area contributed by atoms with Crippen molar-refractivity contribution in [2.24, 2.45) is 0 Å². The molecule has 2 aromatic rings. The van der Waals surface area contributed by atoms with Crippen molar-refractivity contribution in [2.75, 3.05) is 18.5 Å². The molecule has 1 unspecified atom stereocenters. The van der Waals surface area contributed by atoms with Gasteiger partial charge in [0.2, 0.25) is 0 Å². The molecule has 1 atom stereocenters. The highest BCUT2D eigenvalue weighted by Gasteiger charge is 2.09. The minimum absolute atomic E-state index is 0.0644. The molecular weight excluding hydrogens is 258 g/mol. The summed E-state index contributed by atoms with van der Waals surface area (Å²) in [5, 5.41) is 20.8. The maximum absolute atomic E-state index is 10.7. The summed E-state index contributed by atoms with van der Waals surface area (Å²) in [6.07, 6.45) is 0.316. The van der Waals surface area contributed by atoms with Crippen LogP contribution in [0.15, 0.2) is 30.3 Å². The van der Waals surface area contributed by atoms with Gasteiger partial charge in [0.25, 0.3) is 5.69 Å². The standard InChI is InChI=1S/C14H17N3O3/c1-10(18)7-8-16(2)14-6-3-11-9-12(17(19)20)4-5-13(11)15-14/h3-6,9-10,18H,7-8H2,1-2H3. The first-order valence-electron chi connectivity index (χ1n) is 6.42. The van der Waals surface area contributed by atoms with Gasteiger partial charge in [0.1, 0.15) is 5.82 Å². The van der Waals surface area contributed by atoms with Gasteiger partial charge in [-0.1, -0.05) is 0 Å². The number of nitro groups is 1. The van der Waals surface area contributed by atoms with E-state index in [0.29, 0.717) is 13.0 Å². The Balaban J connectivity index is 2.25. The third-order valence-electron chi connectivity index (χ3n) is 3.14. The maximum atomic E-state index is 10.7. The first-order chi connectivity index (χ1) is 9.47. The molecule has 1 heterocycles. The molecule has 1 aromatic heterocycles. The van der Waals surface area contributed by atoms with Crippen LogP contribution in [0.25, 0.3) is 10.9 Å². The summed E-state index contributed by atoms with van der Waals surface area (Å²) in [5.74, 6) is 0.784. The topological polar surface area (TPSA) is 79.5 Å². The van der Waals surface area contributed by atoms with Crippen LogP contribution in [0.4, 0.5) is 11.5 Å². The molecule has 0 fully saturated rings. The molecule has 0 spiro atoms. The van der Waals surface area contributed by atoms with Crippen molar-refractivity contribution >= 4 is 22.4 Å². The van der Waals surface area contributed by atoms with Crippen molar-refractivity contribution in [1.82, 2.24) is 4.98 Å². The van der Waals surface area contributed by atoms with E-state index < -0.39 is 4.92 Å². The van der Waals surface area contributed by atoms with Crippen LogP contribution < -0.4 is 4.90 Å². The van der Waals surface area contributed by atoms with Crippen molar-refractivity contribution in [3.63, 3.8) is 0 Å². The number of aliphatic hydroxyl groups is 1. The Bertz CT molecular complexity index is 628. The van der Waals surface area contributed by atoms with Gasteiger partial charge >= 0.3 is 0 Å². The fourth-order valence-electron chi connectivity index (χ4n) is 1.92. The number of non-ortho nitro benzene ring substituents is 1. The van der Waals surface area contributed by atoms with E-state index in [1.54, 1.807) is 13.0 Å². The van der Waals surface area contributed by atoms with Crippen LogP contribution in [0.2, 0.25) is 0 Å². The van der Waals surface area contributed by atoms with Gasteiger partial charge in [0.05, 0.1) is 16.5 Å². The Hall–Kier alpha value is -2.21. The normalized spacial score (nSPS) is 12.3. The molecule has 0 amide bonds. The van der Waals surface area contributed by atoms with Gasteiger partial charge in [-0.2, -0.15) is 0 Å². The third kappa shape index (κ3) is 3.21. The van der Waals surface area contributed by atoms with E-state index in [1.807, 2.05) is 24.1 Å². The first kappa shape index (κ1) is 14.2. The van der Waals surface area contributed by atoms with Gasteiger partial charge in [-0.25, -0.2) is 4.98 Å². The second-order valence-corrected chi connectivity index (χ2v) is 4.86. The number of benzene rings is 1. The summed E-state index contributed by atoms with van der Waals surface area (Å²) >= 11 is 0. The first-order valence-corrected chi connectivity index (χ1v) is 6.42. The van der Waals surface area contributed by atoms with E-state index >= 15 is 0 Å². The Morgan fingerprint density at radius 3 is 2.80 bits per heavy atom. The van der Waals surface area contributed by atoms with Crippen LogP contribution in [0.5, 0.6) is 0 Å². The van der Waals surface area contributed by atoms with Gasteiger partial charge in [0.15, 0.2) is 0 Å². The number of hydrogen-bond acceptors (Lipinski definition) is 5. The number of nitro benzene ring substituents is 1.